The van der Waals surface area contributed by atoms with Crippen LogP contribution in [0.1, 0.15) is 24.5 Å². The molecule has 0 radical (unpaired) electrons. The van der Waals surface area contributed by atoms with Crippen LogP contribution in [0.3, 0.4) is 0 Å². The number of aryl methyl sites for hydroxylation is 1. The summed E-state index contributed by atoms with van der Waals surface area (Å²) in [7, 11) is 1.29. The fraction of sp³-hybridized carbons (Fsp3) is 0.375. The standard InChI is InChI=1S/C16H17F3N2O5S/c1-3-6-26-14-12(13(22)15(23)21(2)20-14)11-5-4-10(16(17,18)19)7-9(11)8-27(24)25/h4-5,7,20H,3,6,8H2,1-2H3,(H,24,25). The summed E-state index contributed by atoms with van der Waals surface area (Å²) in [5, 5.41) is 2.57. The maximum atomic E-state index is 13.0. The van der Waals surface area contributed by atoms with Crippen molar-refractivity contribution in [3.8, 4) is 17.0 Å². The molecule has 0 amide bonds. The van der Waals surface area contributed by atoms with E-state index in [0.29, 0.717) is 12.5 Å². The van der Waals surface area contributed by atoms with Crippen LogP contribution in [0.25, 0.3) is 11.1 Å². The Bertz CT molecular complexity index is 981. The van der Waals surface area contributed by atoms with Crippen LogP contribution in [0.2, 0.25) is 0 Å². The minimum Gasteiger partial charge on any atom is -0.478 e. The van der Waals surface area contributed by atoms with Crippen molar-refractivity contribution in [2.45, 2.75) is 25.3 Å². The molecule has 2 N–H and O–H groups in total. The van der Waals surface area contributed by atoms with Crippen molar-refractivity contribution in [3.63, 3.8) is 0 Å². The zero-order valence-electron chi connectivity index (χ0n) is 14.4. The van der Waals surface area contributed by atoms with Gasteiger partial charge in [-0.25, -0.2) is 4.21 Å². The van der Waals surface area contributed by atoms with Crippen LogP contribution in [0, 0.1) is 0 Å². The van der Waals surface area contributed by atoms with Crippen molar-refractivity contribution < 1.29 is 26.7 Å². The van der Waals surface area contributed by atoms with Gasteiger partial charge in [0.2, 0.25) is 5.88 Å². The molecule has 0 saturated carbocycles. The number of hydrogen-bond acceptors (Lipinski definition) is 4. The molecule has 1 aromatic carbocycles. The molecular formula is C16H17F3N2O5S. The molecule has 11 heteroatoms. The van der Waals surface area contributed by atoms with Gasteiger partial charge in [0.05, 0.1) is 23.5 Å². The summed E-state index contributed by atoms with van der Waals surface area (Å²) in [5.74, 6) is -0.755. The SMILES string of the molecule is CCCOc1[nH]n(C)c(=O)c(=O)c1-c1ccc(C(F)(F)F)cc1CS(=O)O. The highest BCUT2D eigenvalue weighted by atomic mass is 32.2. The Morgan fingerprint density at radius 3 is 2.52 bits per heavy atom. The number of rotatable bonds is 6. The lowest BCUT2D eigenvalue weighted by atomic mass is 9.99. The van der Waals surface area contributed by atoms with Crippen LogP contribution in [0.4, 0.5) is 13.2 Å². The van der Waals surface area contributed by atoms with E-state index < -0.39 is 39.6 Å². The summed E-state index contributed by atoms with van der Waals surface area (Å²) < 4.78 is 65.7. The largest absolute Gasteiger partial charge is 0.478 e. The van der Waals surface area contributed by atoms with Crippen LogP contribution in [0.15, 0.2) is 27.8 Å². The monoisotopic (exact) mass is 406 g/mol. The normalized spacial score (nSPS) is 12.8. The summed E-state index contributed by atoms with van der Waals surface area (Å²) in [6, 6.07) is 2.41. The first kappa shape index (κ1) is 20.9. The van der Waals surface area contributed by atoms with E-state index in [4.69, 9.17) is 9.29 Å². The summed E-state index contributed by atoms with van der Waals surface area (Å²) in [6.45, 7) is 1.99. The topological polar surface area (TPSA) is 101 Å². The molecule has 148 valence electrons. The molecule has 1 atom stereocenters. The number of H-pyrrole nitrogens is 1. The molecule has 0 aliphatic rings. The van der Waals surface area contributed by atoms with E-state index in [0.717, 1.165) is 16.8 Å². The Morgan fingerprint density at radius 2 is 1.96 bits per heavy atom. The van der Waals surface area contributed by atoms with Crippen LogP contribution < -0.4 is 15.7 Å². The molecule has 0 aliphatic heterocycles. The molecule has 1 unspecified atom stereocenters. The van der Waals surface area contributed by atoms with Crippen LogP contribution in [0.5, 0.6) is 5.88 Å². The van der Waals surface area contributed by atoms with Crippen molar-refractivity contribution in [3.05, 3.63) is 49.9 Å². The first-order valence-electron chi connectivity index (χ1n) is 7.80. The van der Waals surface area contributed by atoms with Crippen LogP contribution in [-0.2, 0) is 30.1 Å². The van der Waals surface area contributed by atoms with Gasteiger partial charge in [-0.15, -0.1) is 0 Å². The summed E-state index contributed by atoms with van der Waals surface area (Å²) in [5.41, 5.74) is -3.53. The Kier molecular flexibility index (Phi) is 6.26. The lowest BCUT2D eigenvalue weighted by Gasteiger charge is -2.16. The third-order valence-corrected chi connectivity index (χ3v) is 4.21. The number of nitrogens with one attached hydrogen (secondary N) is 1. The Balaban J connectivity index is 2.80. The van der Waals surface area contributed by atoms with Gasteiger partial charge < -0.3 is 9.29 Å². The van der Waals surface area contributed by atoms with Gasteiger partial charge >= 0.3 is 11.7 Å². The van der Waals surface area contributed by atoms with E-state index in [-0.39, 0.29) is 29.2 Å². The number of hydrogen-bond donors (Lipinski definition) is 2. The third kappa shape index (κ3) is 4.66. The van der Waals surface area contributed by atoms with Gasteiger partial charge in [0.15, 0.2) is 11.1 Å². The summed E-state index contributed by atoms with van der Waals surface area (Å²) >= 11 is -2.47. The predicted molar refractivity (Wildman–Crippen MR) is 93.0 cm³/mol. The second-order valence-corrected chi connectivity index (χ2v) is 6.62. The fourth-order valence-electron chi connectivity index (χ4n) is 2.44. The van der Waals surface area contributed by atoms with E-state index in [1.54, 1.807) is 6.92 Å². The number of aromatic nitrogens is 2. The van der Waals surface area contributed by atoms with Gasteiger partial charge in [0.1, 0.15) is 0 Å². The van der Waals surface area contributed by atoms with Gasteiger partial charge in [0, 0.05) is 7.05 Å². The summed E-state index contributed by atoms with van der Waals surface area (Å²) in [6.07, 6.45) is -4.10. The second-order valence-electron chi connectivity index (χ2n) is 5.69. The van der Waals surface area contributed by atoms with Crippen molar-refractivity contribution in [2.75, 3.05) is 6.61 Å². The quantitative estimate of drug-likeness (QED) is 0.566. The average Bonchev–Trinajstić information content (AvgIpc) is 2.57. The van der Waals surface area contributed by atoms with Crippen LogP contribution >= 0.6 is 0 Å². The smallest absolute Gasteiger partial charge is 0.416 e. The molecule has 1 aromatic heterocycles. The number of alkyl halides is 3. The minimum absolute atomic E-state index is 0.0737. The van der Waals surface area contributed by atoms with Gasteiger partial charge in [0.25, 0.3) is 5.43 Å². The van der Waals surface area contributed by atoms with E-state index in [1.807, 2.05) is 0 Å². The van der Waals surface area contributed by atoms with E-state index in [2.05, 4.69) is 5.10 Å². The molecular weight excluding hydrogens is 389 g/mol. The Hall–Kier alpha value is -2.40. The fourth-order valence-corrected chi connectivity index (χ4v) is 2.95. The van der Waals surface area contributed by atoms with Crippen molar-refractivity contribution in [1.82, 2.24) is 9.78 Å². The maximum absolute atomic E-state index is 13.0. The lowest BCUT2D eigenvalue weighted by molar-refractivity contribution is -0.137. The number of nitrogens with zero attached hydrogens (tertiary/aromatic N) is 1. The number of ether oxygens (including phenoxy) is 1. The van der Waals surface area contributed by atoms with Crippen molar-refractivity contribution >= 4 is 11.1 Å². The van der Waals surface area contributed by atoms with Gasteiger partial charge in [-0.2, -0.15) is 13.2 Å². The summed E-state index contributed by atoms with van der Waals surface area (Å²) in [4.78, 5) is 24.5. The number of benzene rings is 1. The highest BCUT2D eigenvalue weighted by molar-refractivity contribution is 7.78. The predicted octanol–water partition coefficient (Wildman–Crippen LogP) is 2.27. The van der Waals surface area contributed by atoms with E-state index >= 15 is 0 Å². The first-order chi connectivity index (χ1) is 12.6. The van der Waals surface area contributed by atoms with Gasteiger partial charge in [-0.1, -0.05) is 13.0 Å². The molecule has 7 nitrogen and oxygen atoms in total. The Morgan fingerprint density at radius 1 is 1.30 bits per heavy atom. The van der Waals surface area contributed by atoms with Gasteiger partial charge in [-0.05, 0) is 29.7 Å². The molecule has 0 fully saturated rings. The van der Waals surface area contributed by atoms with Gasteiger partial charge in [-0.3, -0.25) is 19.4 Å². The average molecular weight is 406 g/mol. The van der Waals surface area contributed by atoms with Crippen LogP contribution in [-0.4, -0.2) is 25.1 Å². The number of aromatic amines is 1. The lowest BCUT2D eigenvalue weighted by Crippen LogP contribution is -2.36. The molecule has 1 heterocycles. The molecule has 0 bridgehead atoms. The Labute approximate surface area is 154 Å². The molecule has 27 heavy (non-hydrogen) atoms. The third-order valence-electron chi connectivity index (χ3n) is 3.65. The zero-order chi connectivity index (χ0) is 20.4. The minimum atomic E-state index is -4.68. The second kappa shape index (κ2) is 8.09. The molecule has 0 saturated heterocycles. The molecule has 2 rings (SSSR count). The number of halogens is 3. The molecule has 2 aromatic rings. The van der Waals surface area contributed by atoms with E-state index in [1.165, 1.54) is 7.05 Å². The maximum Gasteiger partial charge on any atom is 0.416 e. The van der Waals surface area contributed by atoms with Crippen molar-refractivity contribution in [2.24, 2.45) is 7.05 Å². The zero-order valence-corrected chi connectivity index (χ0v) is 15.2. The van der Waals surface area contributed by atoms with E-state index in [9.17, 15) is 27.0 Å². The van der Waals surface area contributed by atoms with Crippen molar-refractivity contribution in [1.29, 1.82) is 0 Å². The molecule has 0 aliphatic carbocycles. The highest BCUT2D eigenvalue weighted by Crippen LogP contribution is 2.35. The molecule has 0 spiro atoms. The first-order valence-corrected chi connectivity index (χ1v) is 9.07. The highest BCUT2D eigenvalue weighted by Gasteiger charge is 2.32.